The molecule has 3 aliphatic rings. The smallest absolute Gasteiger partial charge is 0.231 e. The summed E-state index contributed by atoms with van der Waals surface area (Å²) in [5.41, 5.74) is 4.91. The van der Waals surface area contributed by atoms with E-state index in [-0.39, 0.29) is 5.82 Å². The van der Waals surface area contributed by atoms with Gasteiger partial charge in [0.05, 0.1) is 31.0 Å². The molecule has 0 spiro atoms. The molecular weight excluding hydrogens is 495 g/mol. The molecule has 8 nitrogen and oxygen atoms in total. The van der Waals surface area contributed by atoms with Crippen molar-refractivity contribution in [2.24, 2.45) is 0 Å². The Morgan fingerprint density at radius 1 is 0.949 bits per heavy atom. The van der Waals surface area contributed by atoms with Crippen molar-refractivity contribution in [2.75, 3.05) is 82.4 Å². The first-order valence-electron chi connectivity index (χ1n) is 13.7. The molecule has 39 heavy (non-hydrogen) atoms. The quantitative estimate of drug-likeness (QED) is 0.458. The maximum atomic E-state index is 15.6. The van der Waals surface area contributed by atoms with Crippen LogP contribution in [0.2, 0.25) is 0 Å². The average molecular weight is 531 g/mol. The second-order valence-corrected chi connectivity index (χ2v) is 10.5. The summed E-state index contributed by atoms with van der Waals surface area (Å²) in [6.45, 7) is 12.7. The summed E-state index contributed by atoms with van der Waals surface area (Å²) in [6.07, 6.45) is 2.60. The van der Waals surface area contributed by atoms with Gasteiger partial charge in [0.1, 0.15) is 5.82 Å². The molecule has 0 aliphatic carbocycles. The molecule has 2 aromatic carbocycles. The highest BCUT2D eigenvalue weighted by Crippen LogP contribution is 2.42. The topological polar surface area (TPSA) is 61.1 Å². The number of aromatic nitrogens is 2. The third kappa shape index (κ3) is 5.61. The Kier molecular flexibility index (Phi) is 7.45. The molecule has 0 atom stereocenters. The van der Waals surface area contributed by atoms with Gasteiger partial charge >= 0.3 is 0 Å². The van der Waals surface area contributed by atoms with Gasteiger partial charge in [-0.05, 0) is 30.3 Å². The molecule has 0 bridgehead atoms. The number of benzene rings is 2. The van der Waals surface area contributed by atoms with Crippen LogP contribution in [0, 0.1) is 5.82 Å². The van der Waals surface area contributed by atoms with E-state index in [1.54, 1.807) is 6.07 Å². The Bertz CT molecular complexity index is 1340. The van der Waals surface area contributed by atoms with E-state index in [1.807, 2.05) is 42.6 Å². The van der Waals surface area contributed by atoms with Crippen LogP contribution < -0.4 is 9.80 Å². The van der Waals surface area contributed by atoms with Crippen LogP contribution in [0.1, 0.15) is 22.8 Å². The maximum Gasteiger partial charge on any atom is 0.231 e. The van der Waals surface area contributed by atoms with Crippen LogP contribution in [0.15, 0.2) is 59.8 Å². The van der Waals surface area contributed by atoms with Crippen LogP contribution in [0.4, 0.5) is 15.8 Å². The predicted octanol–water partition coefficient (Wildman–Crippen LogP) is 3.76. The van der Waals surface area contributed by atoms with Gasteiger partial charge in [-0.15, -0.1) is 0 Å². The molecule has 0 amide bonds. The number of allylic oxidation sites excluding steroid dienone is 2. The molecule has 2 fully saturated rings. The van der Waals surface area contributed by atoms with Crippen LogP contribution in [0.25, 0.3) is 11.1 Å². The zero-order valence-corrected chi connectivity index (χ0v) is 22.5. The Labute approximate surface area is 228 Å². The van der Waals surface area contributed by atoms with Gasteiger partial charge in [-0.3, -0.25) is 4.90 Å². The van der Waals surface area contributed by atoms with Gasteiger partial charge in [0.25, 0.3) is 0 Å². The molecule has 2 saturated heterocycles. The fourth-order valence-electron chi connectivity index (χ4n) is 5.43. The van der Waals surface area contributed by atoms with Gasteiger partial charge in [-0.25, -0.2) is 4.39 Å². The molecule has 0 N–H and O–H groups in total. The Balaban J connectivity index is 1.31. The van der Waals surface area contributed by atoms with E-state index in [2.05, 4.69) is 38.4 Å². The zero-order valence-electron chi connectivity index (χ0n) is 22.5. The van der Waals surface area contributed by atoms with Crippen molar-refractivity contribution >= 4 is 22.5 Å². The summed E-state index contributed by atoms with van der Waals surface area (Å²) < 4.78 is 26.7. The van der Waals surface area contributed by atoms with E-state index in [4.69, 9.17) is 14.2 Å². The molecule has 0 unspecified atom stereocenters. The first-order valence-corrected chi connectivity index (χ1v) is 13.7. The first kappa shape index (κ1) is 25.7. The second-order valence-electron chi connectivity index (χ2n) is 10.5. The van der Waals surface area contributed by atoms with Gasteiger partial charge in [-0.2, -0.15) is 4.98 Å². The number of morpholine rings is 1. The fraction of sp³-hybridized carbons (Fsp3) is 0.400. The van der Waals surface area contributed by atoms with E-state index in [9.17, 15) is 0 Å². The Morgan fingerprint density at radius 3 is 2.49 bits per heavy atom. The zero-order chi connectivity index (χ0) is 26.8. The lowest BCUT2D eigenvalue weighted by atomic mass is 9.93. The van der Waals surface area contributed by atoms with Crippen LogP contribution in [-0.2, 0) is 11.2 Å². The van der Waals surface area contributed by atoms with Crippen LogP contribution in [-0.4, -0.2) is 92.6 Å². The van der Waals surface area contributed by atoms with Gasteiger partial charge in [0, 0.05) is 69.7 Å². The molecule has 9 heteroatoms. The highest BCUT2D eigenvalue weighted by Gasteiger charge is 2.29. The van der Waals surface area contributed by atoms with E-state index in [0.29, 0.717) is 29.4 Å². The first-order chi connectivity index (χ1) is 19.0. The minimum Gasteiger partial charge on any atom is -0.379 e. The van der Waals surface area contributed by atoms with Gasteiger partial charge < -0.3 is 24.0 Å². The number of hydrogen-bond donors (Lipinski definition) is 0. The summed E-state index contributed by atoms with van der Waals surface area (Å²) in [7, 11) is 2.10. The summed E-state index contributed by atoms with van der Waals surface area (Å²) in [5.74, 6) is 0.773. The van der Waals surface area contributed by atoms with E-state index in [1.165, 1.54) is 0 Å². The standard InChI is InChI=1S/C30H35FN6O2/c1-22-24-19-26(31)28(36-11-8-34(2)9-12-36)20-27(24)37(13-10-35-14-16-38-17-15-35)21-25(22)30-32-29(39-33-30)18-23-6-4-3-5-7-23/h3-7,19-21H,1,8-18H2,2H3. The summed E-state index contributed by atoms with van der Waals surface area (Å²) in [4.78, 5) is 13.7. The average Bonchev–Trinajstić information content (AvgIpc) is 3.42. The van der Waals surface area contributed by atoms with Crippen molar-refractivity contribution in [3.05, 3.63) is 83.9 Å². The van der Waals surface area contributed by atoms with Crippen LogP contribution in [0.5, 0.6) is 0 Å². The number of nitrogens with zero attached hydrogens (tertiary/aromatic N) is 6. The third-order valence-electron chi connectivity index (χ3n) is 7.82. The van der Waals surface area contributed by atoms with Crippen molar-refractivity contribution in [3.63, 3.8) is 0 Å². The highest BCUT2D eigenvalue weighted by atomic mass is 19.1. The number of likely N-dealkylation sites (N-methyl/N-ethyl adjacent to an activating group) is 1. The molecular formula is C30H35FN6O2. The van der Waals surface area contributed by atoms with Gasteiger partial charge in [0.15, 0.2) is 0 Å². The van der Waals surface area contributed by atoms with Crippen molar-refractivity contribution in [3.8, 4) is 0 Å². The fourth-order valence-corrected chi connectivity index (χ4v) is 5.43. The number of halogens is 1. The Morgan fingerprint density at radius 2 is 1.72 bits per heavy atom. The predicted molar refractivity (Wildman–Crippen MR) is 151 cm³/mol. The third-order valence-corrected chi connectivity index (χ3v) is 7.82. The van der Waals surface area contributed by atoms with Gasteiger partial charge in [0.2, 0.25) is 11.7 Å². The van der Waals surface area contributed by atoms with E-state index < -0.39 is 0 Å². The molecule has 4 heterocycles. The largest absolute Gasteiger partial charge is 0.379 e. The number of ether oxygens (including phenoxy) is 1. The number of fused-ring (bicyclic) bond motifs is 1. The lowest BCUT2D eigenvalue weighted by molar-refractivity contribution is 0.0394. The maximum absolute atomic E-state index is 15.6. The summed E-state index contributed by atoms with van der Waals surface area (Å²) >= 11 is 0. The highest BCUT2D eigenvalue weighted by molar-refractivity contribution is 6.08. The number of hydrogen-bond acceptors (Lipinski definition) is 8. The number of anilines is 2. The van der Waals surface area contributed by atoms with Crippen molar-refractivity contribution in [2.45, 2.75) is 6.42 Å². The van der Waals surface area contributed by atoms with Crippen LogP contribution >= 0.6 is 0 Å². The number of piperazine rings is 1. The molecule has 3 aliphatic heterocycles. The molecule has 204 valence electrons. The second kappa shape index (κ2) is 11.3. The van der Waals surface area contributed by atoms with Gasteiger partial charge in [-0.1, -0.05) is 42.1 Å². The van der Waals surface area contributed by atoms with E-state index in [0.717, 1.165) is 88.0 Å². The lowest BCUT2D eigenvalue weighted by Crippen LogP contribution is -2.45. The van der Waals surface area contributed by atoms with Crippen molar-refractivity contribution in [1.29, 1.82) is 0 Å². The lowest BCUT2D eigenvalue weighted by Gasteiger charge is -2.37. The normalized spacial score (nSPS) is 18.8. The summed E-state index contributed by atoms with van der Waals surface area (Å²) in [6, 6.07) is 13.7. The van der Waals surface area contributed by atoms with Crippen molar-refractivity contribution in [1.82, 2.24) is 19.9 Å². The van der Waals surface area contributed by atoms with E-state index >= 15 is 4.39 Å². The minimum atomic E-state index is -0.230. The molecule has 6 rings (SSSR count). The van der Waals surface area contributed by atoms with Crippen LogP contribution in [0.3, 0.4) is 0 Å². The molecule has 0 saturated carbocycles. The molecule has 0 radical (unpaired) electrons. The SMILES string of the molecule is C=C1C(c2noc(Cc3ccccc3)n2)=CN(CCN2CCOCC2)c2cc(N3CCN(C)CC3)c(F)cc21. The number of rotatable bonds is 7. The molecule has 1 aromatic heterocycles. The summed E-state index contributed by atoms with van der Waals surface area (Å²) in [5, 5.41) is 4.29. The minimum absolute atomic E-state index is 0.230. The monoisotopic (exact) mass is 530 g/mol. The Hall–Kier alpha value is -3.53. The molecule has 3 aromatic rings. The van der Waals surface area contributed by atoms with Crippen molar-refractivity contribution < 1.29 is 13.7 Å².